The molecule has 0 spiro atoms. The number of methoxy groups -OCH3 is 1. The van der Waals surface area contributed by atoms with E-state index in [0.29, 0.717) is 59.1 Å². The lowest BCUT2D eigenvalue weighted by molar-refractivity contribution is 0.0240. The van der Waals surface area contributed by atoms with Crippen molar-refractivity contribution in [3.05, 3.63) is 53.7 Å². The van der Waals surface area contributed by atoms with Crippen LogP contribution in [0.4, 0.5) is 15.0 Å². The molecule has 11 heteroatoms. The highest BCUT2D eigenvalue weighted by Gasteiger charge is 2.28. The van der Waals surface area contributed by atoms with E-state index >= 15 is 4.39 Å². The predicted molar refractivity (Wildman–Crippen MR) is 148 cm³/mol. The Balaban J connectivity index is 1.50. The van der Waals surface area contributed by atoms with Crippen molar-refractivity contribution >= 4 is 45.2 Å². The Bertz CT molecular complexity index is 1540. The maximum Gasteiger partial charge on any atom is 0.410 e. The second-order valence-electron chi connectivity index (χ2n) is 10.2. The molecule has 9 nitrogen and oxygen atoms in total. The summed E-state index contributed by atoms with van der Waals surface area (Å²) in [6.07, 6.45) is 2.57. The van der Waals surface area contributed by atoms with Gasteiger partial charge < -0.3 is 24.0 Å². The monoisotopic (exact) mass is 553 g/mol. The van der Waals surface area contributed by atoms with Gasteiger partial charge >= 0.3 is 6.09 Å². The van der Waals surface area contributed by atoms with Gasteiger partial charge in [-0.3, -0.25) is 4.98 Å². The van der Waals surface area contributed by atoms with E-state index in [1.807, 2.05) is 43.9 Å². The van der Waals surface area contributed by atoms with Gasteiger partial charge in [0, 0.05) is 55.5 Å². The van der Waals surface area contributed by atoms with Gasteiger partial charge in [0.05, 0.1) is 5.39 Å². The van der Waals surface area contributed by atoms with Crippen molar-refractivity contribution < 1.29 is 23.4 Å². The van der Waals surface area contributed by atoms with Gasteiger partial charge in [-0.05, 0) is 44.4 Å². The Hall–Kier alpha value is -3.76. The largest absolute Gasteiger partial charge is 0.468 e. The number of nitrogens with zero attached hydrogens (tertiary/aromatic N) is 5. The van der Waals surface area contributed by atoms with Crippen molar-refractivity contribution in [1.82, 2.24) is 19.9 Å². The standard InChI is InChI=1S/C28H29ClFN5O4/c1-28(2,3)39-27(36)35-10-8-34(9-11-35)26-20-14-31-24(23(30)25(20)32-15-33-26)19-13-18(38-16-37-4)12-17-6-5-7-21(29)22(17)19/h5-7,12-15H,8-11,16H2,1-4H3. The van der Waals surface area contributed by atoms with Gasteiger partial charge in [0.1, 0.15) is 34.7 Å². The molecule has 39 heavy (non-hydrogen) atoms. The summed E-state index contributed by atoms with van der Waals surface area (Å²) >= 11 is 6.55. The molecule has 4 aromatic rings. The number of piperazine rings is 1. The molecule has 1 aliphatic rings. The van der Waals surface area contributed by atoms with E-state index in [1.165, 1.54) is 13.4 Å². The first-order valence-electron chi connectivity index (χ1n) is 12.5. The molecular formula is C28H29ClFN5O4. The van der Waals surface area contributed by atoms with Crippen molar-refractivity contribution in [2.75, 3.05) is 45.0 Å². The lowest BCUT2D eigenvalue weighted by atomic mass is 10.00. The zero-order valence-electron chi connectivity index (χ0n) is 22.2. The number of carbonyl (C=O) groups is 1. The fourth-order valence-corrected chi connectivity index (χ4v) is 4.88. The zero-order valence-corrected chi connectivity index (χ0v) is 23.0. The SMILES string of the molecule is COCOc1cc(-c2ncc3c(N4CCN(C(=O)OC(C)(C)C)CC4)ncnc3c2F)c2c(Cl)cccc2c1. The number of benzene rings is 2. The van der Waals surface area contributed by atoms with Gasteiger partial charge in [0.2, 0.25) is 0 Å². The number of hydrogen-bond acceptors (Lipinski definition) is 8. The van der Waals surface area contributed by atoms with Crippen molar-refractivity contribution in [2.45, 2.75) is 26.4 Å². The van der Waals surface area contributed by atoms with Crippen LogP contribution >= 0.6 is 11.6 Å². The number of halogens is 2. The van der Waals surface area contributed by atoms with E-state index in [1.54, 1.807) is 23.2 Å². The summed E-state index contributed by atoms with van der Waals surface area (Å²) in [7, 11) is 1.53. The number of amides is 1. The van der Waals surface area contributed by atoms with Gasteiger partial charge in [-0.1, -0.05) is 23.7 Å². The number of hydrogen-bond donors (Lipinski definition) is 0. The molecule has 204 valence electrons. The van der Waals surface area contributed by atoms with E-state index in [9.17, 15) is 4.79 Å². The summed E-state index contributed by atoms with van der Waals surface area (Å²) in [6.45, 7) is 7.47. The van der Waals surface area contributed by atoms with Gasteiger partial charge in [-0.2, -0.15) is 0 Å². The molecule has 3 heterocycles. The average molecular weight is 554 g/mol. The molecule has 1 aliphatic heterocycles. The molecule has 0 N–H and O–H groups in total. The van der Waals surface area contributed by atoms with Crippen molar-refractivity contribution in [2.24, 2.45) is 0 Å². The van der Waals surface area contributed by atoms with Crippen molar-refractivity contribution in [1.29, 1.82) is 0 Å². The number of pyridine rings is 1. The van der Waals surface area contributed by atoms with Crippen LogP contribution in [-0.2, 0) is 9.47 Å². The maximum absolute atomic E-state index is 16.1. The van der Waals surface area contributed by atoms with Crippen LogP contribution in [0.3, 0.4) is 0 Å². The molecule has 0 saturated carbocycles. The molecule has 1 fully saturated rings. The summed E-state index contributed by atoms with van der Waals surface area (Å²) in [5, 5.41) is 2.38. The first-order valence-corrected chi connectivity index (χ1v) is 12.9. The minimum absolute atomic E-state index is 0.0386. The third-order valence-electron chi connectivity index (χ3n) is 6.33. The van der Waals surface area contributed by atoms with Crippen LogP contribution in [0, 0.1) is 5.82 Å². The van der Waals surface area contributed by atoms with Crippen LogP contribution in [0.2, 0.25) is 5.02 Å². The Labute approximate surface area is 230 Å². The molecule has 2 aromatic heterocycles. The summed E-state index contributed by atoms with van der Waals surface area (Å²) in [5.41, 5.74) is 0.156. The first kappa shape index (κ1) is 26.8. The lowest BCUT2D eigenvalue weighted by Gasteiger charge is -2.36. The van der Waals surface area contributed by atoms with Crippen molar-refractivity contribution in [3.8, 4) is 17.0 Å². The normalized spacial score (nSPS) is 14.2. The Kier molecular flexibility index (Phi) is 7.42. The molecule has 1 amide bonds. The van der Waals surface area contributed by atoms with Crippen LogP contribution in [-0.4, -0.2) is 71.6 Å². The fourth-order valence-electron chi connectivity index (χ4n) is 4.60. The summed E-state index contributed by atoms with van der Waals surface area (Å²) < 4.78 is 32.3. The Morgan fingerprint density at radius 1 is 1.10 bits per heavy atom. The topological polar surface area (TPSA) is 89.9 Å². The highest BCUT2D eigenvalue weighted by atomic mass is 35.5. The average Bonchev–Trinajstić information content (AvgIpc) is 2.91. The fraction of sp³-hybridized carbons (Fsp3) is 0.357. The van der Waals surface area contributed by atoms with E-state index in [-0.39, 0.29) is 24.1 Å². The third-order valence-corrected chi connectivity index (χ3v) is 6.65. The lowest BCUT2D eigenvalue weighted by Crippen LogP contribution is -2.50. The van der Waals surface area contributed by atoms with Crippen LogP contribution in [0.15, 0.2) is 42.9 Å². The van der Waals surface area contributed by atoms with Crippen molar-refractivity contribution in [3.63, 3.8) is 0 Å². The maximum atomic E-state index is 16.1. The predicted octanol–water partition coefficient (Wildman–Crippen LogP) is 5.68. The van der Waals surface area contributed by atoms with Crippen LogP contribution in [0.5, 0.6) is 5.75 Å². The molecule has 1 saturated heterocycles. The molecular weight excluding hydrogens is 525 g/mol. The highest BCUT2D eigenvalue weighted by molar-refractivity contribution is 6.36. The van der Waals surface area contributed by atoms with Crippen LogP contribution < -0.4 is 9.64 Å². The van der Waals surface area contributed by atoms with Gasteiger partial charge in [-0.15, -0.1) is 0 Å². The highest BCUT2D eigenvalue weighted by Crippen LogP contribution is 2.39. The Morgan fingerprint density at radius 2 is 1.87 bits per heavy atom. The number of ether oxygens (including phenoxy) is 3. The molecule has 0 aliphatic carbocycles. The van der Waals surface area contributed by atoms with Gasteiger partial charge in [0.25, 0.3) is 0 Å². The van der Waals surface area contributed by atoms with E-state index < -0.39 is 11.4 Å². The molecule has 0 radical (unpaired) electrons. The quantitative estimate of drug-likeness (QED) is 0.292. The van der Waals surface area contributed by atoms with Gasteiger partial charge in [-0.25, -0.2) is 19.2 Å². The minimum atomic E-state index is -0.589. The zero-order chi connectivity index (χ0) is 27.7. The molecule has 0 bridgehead atoms. The second kappa shape index (κ2) is 10.8. The van der Waals surface area contributed by atoms with Gasteiger partial charge in [0.15, 0.2) is 12.6 Å². The number of fused-ring (bicyclic) bond motifs is 2. The molecule has 5 rings (SSSR count). The van der Waals surface area contributed by atoms with Crippen LogP contribution in [0.25, 0.3) is 32.9 Å². The number of anilines is 1. The third kappa shape index (κ3) is 5.53. The number of carbonyl (C=O) groups excluding carboxylic acids is 1. The first-order chi connectivity index (χ1) is 18.7. The second-order valence-corrected chi connectivity index (χ2v) is 10.6. The van der Waals surface area contributed by atoms with E-state index in [4.69, 9.17) is 25.8 Å². The summed E-state index contributed by atoms with van der Waals surface area (Å²) in [4.78, 5) is 29.3. The van der Waals surface area contributed by atoms with E-state index in [2.05, 4.69) is 15.0 Å². The molecule has 2 aromatic carbocycles. The molecule has 0 atom stereocenters. The minimum Gasteiger partial charge on any atom is -0.468 e. The Morgan fingerprint density at radius 3 is 2.59 bits per heavy atom. The van der Waals surface area contributed by atoms with E-state index in [0.717, 1.165) is 5.39 Å². The smallest absolute Gasteiger partial charge is 0.410 e. The molecule has 0 unspecified atom stereocenters. The summed E-state index contributed by atoms with van der Waals surface area (Å²) in [6, 6.07) is 8.96. The number of aromatic nitrogens is 3. The summed E-state index contributed by atoms with van der Waals surface area (Å²) in [5.74, 6) is 0.463. The van der Waals surface area contributed by atoms with Crippen LogP contribution in [0.1, 0.15) is 20.8 Å². The number of rotatable bonds is 5.